The van der Waals surface area contributed by atoms with Crippen LogP contribution in [0.4, 0.5) is 0 Å². The second kappa shape index (κ2) is 9.66. The van der Waals surface area contributed by atoms with Gasteiger partial charge >= 0.3 is 0 Å². The molecule has 1 saturated carbocycles. The van der Waals surface area contributed by atoms with E-state index in [1.807, 2.05) is 0 Å². The van der Waals surface area contributed by atoms with Crippen molar-refractivity contribution in [2.24, 2.45) is 5.73 Å². The third-order valence-electron chi connectivity index (χ3n) is 3.24. The maximum atomic E-state index is 5.53. The number of rotatable bonds is 2. The summed E-state index contributed by atoms with van der Waals surface area (Å²) in [5.74, 6) is 0. The first kappa shape index (κ1) is 16.8. The Morgan fingerprint density at radius 3 is 1.45 bits per heavy atom. The zero-order valence-electron chi connectivity index (χ0n) is 12.0. The summed E-state index contributed by atoms with van der Waals surface area (Å²) in [6.07, 6.45) is 5.25. The summed E-state index contributed by atoms with van der Waals surface area (Å²) in [6, 6.07) is 21.7. The van der Waals surface area contributed by atoms with Crippen molar-refractivity contribution in [1.29, 1.82) is 0 Å². The van der Waals surface area contributed by atoms with Crippen LogP contribution in [0.25, 0.3) is 0 Å². The molecule has 1 fully saturated rings. The van der Waals surface area contributed by atoms with Crippen LogP contribution in [0.2, 0.25) is 0 Å². The average molecular weight is 288 g/mol. The lowest BCUT2D eigenvalue weighted by Gasteiger charge is -2.00. The van der Waals surface area contributed by atoms with E-state index in [0.717, 1.165) is 8.58 Å². The molecule has 20 heavy (non-hydrogen) atoms. The third kappa shape index (κ3) is 6.29. The largest absolute Gasteiger partial charge is 0.344 e. The Balaban J connectivity index is 0.000000243. The molecule has 0 radical (unpaired) electrons. The van der Waals surface area contributed by atoms with Gasteiger partial charge < -0.3 is 11.9 Å². The fourth-order valence-corrected chi connectivity index (χ4v) is 3.22. The molecule has 0 saturated heterocycles. The molecule has 0 aliphatic heterocycles. The molecule has 2 aromatic carbocycles. The van der Waals surface area contributed by atoms with E-state index < -0.39 is 0 Å². The molecule has 3 rings (SSSR count). The Morgan fingerprint density at radius 2 is 1.15 bits per heavy atom. The van der Waals surface area contributed by atoms with Crippen LogP contribution in [0, 0.1) is 0 Å². The van der Waals surface area contributed by atoms with E-state index in [0.29, 0.717) is 6.04 Å². The highest BCUT2D eigenvalue weighted by Gasteiger charge is 2.07. The zero-order valence-corrected chi connectivity index (χ0v) is 13.0. The first-order valence-corrected chi connectivity index (χ1v) is 7.97. The van der Waals surface area contributed by atoms with Gasteiger partial charge in [0.2, 0.25) is 0 Å². The van der Waals surface area contributed by atoms with Gasteiger partial charge in [0.1, 0.15) is 0 Å². The van der Waals surface area contributed by atoms with E-state index in [-0.39, 0.29) is 6.15 Å². The molecular weight excluding hydrogens is 263 g/mol. The minimum atomic E-state index is 0. The first-order valence-electron chi connectivity index (χ1n) is 6.97. The van der Waals surface area contributed by atoms with E-state index in [9.17, 15) is 0 Å². The Bertz CT molecular complexity index is 415. The van der Waals surface area contributed by atoms with Crippen molar-refractivity contribution in [2.75, 3.05) is 0 Å². The van der Waals surface area contributed by atoms with Crippen LogP contribution in [0.5, 0.6) is 0 Å². The molecule has 1 aliphatic carbocycles. The zero-order chi connectivity index (χ0) is 13.3. The lowest BCUT2D eigenvalue weighted by Crippen LogP contribution is -2.13. The van der Waals surface area contributed by atoms with Gasteiger partial charge in [0.25, 0.3) is 0 Å². The Hall–Kier alpha value is -1.21. The standard InChI is InChI=1S/C12H11P.C5H11N.H3N/c1-3-7-11(8-4-1)13-12-9-5-2-6-10-12;6-5-3-1-2-4-5;/h1-10,13H;5H,1-4,6H2;1H3. The van der Waals surface area contributed by atoms with Gasteiger partial charge in [-0.3, -0.25) is 0 Å². The fourth-order valence-electron chi connectivity index (χ4n) is 2.17. The molecule has 0 atom stereocenters. The summed E-state index contributed by atoms with van der Waals surface area (Å²) in [5, 5.41) is 2.79. The third-order valence-corrected chi connectivity index (χ3v) is 4.48. The molecule has 0 spiro atoms. The molecule has 0 heterocycles. The van der Waals surface area contributed by atoms with Crippen LogP contribution in [0.3, 0.4) is 0 Å². The van der Waals surface area contributed by atoms with Crippen LogP contribution in [-0.2, 0) is 0 Å². The average Bonchev–Trinajstić information content (AvgIpc) is 2.93. The SMILES string of the molecule is N.NC1CCCC1.c1ccc(Pc2ccccc2)cc1. The van der Waals surface area contributed by atoms with Gasteiger partial charge in [-0.1, -0.05) is 82.1 Å². The van der Waals surface area contributed by atoms with Crippen LogP contribution in [0.1, 0.15) is 25.7 Å². The van der Waals surface area contributed by atoms with Gasteiger partial charge in [0.05, 0.1) is 0 Å². The maximum absolute atomic E-state index is 5.53. The minimum Gasteiger partial charge on any atom is -0.344 e. The van der Waals surface area contributed by atoms with E-state index in [1.165, 1.54) is 36.3 Å². The van der Waals surface area contributed by atoms with Gasteiger partial charge in [-0.2, -0.15) is 0 Å². The molecule has 0 amide bonds. The van der Waals surface area contributed by atoms with Crippen molar-refractivity contribution in [2.45, 2.75) is 31.7 Å². The second-order valence-electron chi connectivity index (χ2n) is 4.90. The number of hydrogen-bond acceptors (Lipinski definition) is 2. The van der Waals surface area contributed by atoms with E-state index in [2.05, 4.69) is 60.7 Å². The molecule has 0 bridgehead atoms. The highest BCUT2D eigenvalue weighted by Crippen LogP contribution is 2.14. The number of hydrogen-bond donors (Lipinski definition) is 2. The summed E-state index contributed by atoms with van der Waals surface area (Å²) in [4.78, 5) is 0. The number of benzene rings is 2. The van der Waals surface area contributed by atoms with Crippen LogP contribution in [0.15, 0.2) is 60.7 Å². The normalized spacial score (nSPS) is 14.1. The van der Waals surface area contributed by atoms with Gasteiger partial charge in [-0.05, 0) is 23.5 Å². The van der Waals surface area contributed by atoms with Crippen molar-refractivity contribution in [3.8, 4) is 0 Å². The topological polar surface area (TPSA) is 61.0 Å². The lowest BCUT2D eigenvalue weighted by atomic mass is 10.3. The van der Waals surface area contributed by atoms with Crippen molar-refractivity contribution < 1.29 is 0 Å². The van der Waals surface area contributed by atoms with Crippen molar-refractivity contribution in [3.63, 3.8) is 0 Å². The van der Waals surface area contributed by atoms with Crippen LogP contribution in [-0.4, -0.2) is 6.04 Å². The van der Waals surface area contributed by atoms with Gasteiger partial charge in [0, 0.05) is 6.04 Å². The minimum absolute atomic E-state index is 0. The molecule has 108 valence electrons. The van der Waals surface area contributed by atoms with E-state index >= 15 is 0 Å². The molecule has 0 aromatic heterocycles. The van der Waals surface area contributed by atoms with Crippen molar-refractivity contribution in [1.82, 2.24) is 6.15 Å². The summed E-state index contributed by atoms with van der Waals surface area (Å²) >= 11 is 0. The molecular formula is C17H25N2P. The Kier molecular flexibility index (Phi) is 8.13. The van der Waals surface area contributed by atoms with Gasteiger partial charge in [-0.15, -0.1) is 0 Å². The molecule has 2 nitrogen and oxygen atoms in total. The van der Waals surface area contributed by atoms with E-state index in [1.54, 1.807) is 0 Å². The number of nitrogens with two attached hydrogens (primary N) is 1. The monoisotopic (exact) mass is 288 g/mol. The Morgan fingerprint density at radius 1 is 0.750 bits per heavy atom. The predicted octanol–water partition coefficient (Wildman–Crippen LogP) is 3.37. The quantitative estimate of drug-likeness (QED) is 0.832. The predicted molar refractivity (Wildman–Crippen MR) is 91.9 cm³/mol. The highest BCUT2D eigenvalue weighted by atomic mass is 31.1. The summed E-state index contributed by atoms with van der Waals surface area (Å²) in [5.41, 5.74) is 5.53. The molecule has 5 N–H and O–H groups in total. The fraction of sp³-hybridized carbons (Fsp3) is 0.294. The van der Waals surface area contributed by atoms with Gasteiger partial charge in [-0.25, -0.2) is 0 Å². The van der Waals surface area contributed by atoms with Crippen molar-refractivity contribution in [3.05, 3.63) is 60.7 Å². The summed E-state index contributed by atoms with van der Waals surface area (Å²) in [7, 11) is 0.777. The molecule has 2 aromatic rings. The first-order chi connectivity index (χ1) is 9.34. The van der Waals surface area contributed by atoms with Gasteiger partial charge in [0.15, 0.2) is 0 Å². The van der Waals surface area contributed by atoms with Crippen LogP contribution >= 0.6 is 8.58 Å². The van der Waals surface area contributed by atoms with Crippen LogP contribution < -0.4 is 22.5 Å². The maximum Gasteiger partial charge on any atom is 0.00388 e. The Labute approximate surface area is 124 Å². The molecule has 3 heteroatoms. The van der Waals surface area contributed by atoms with Crippen molar-refractivity contribution >= 4 is 19.2 Å². The summed E-state index contributed by atoms with van der Waals surface area (Å²) < 4.78 is 0. The molecule has 0 unspecified atom stereocenters. The smallest absolute Gasteiger partial charge is 0.00388 e. The molecule has 1 aliphatic rings. The highest BCUT2D eigenvalue weighted by molar-refractivity contribution is 7.55. The lowest BCUT2D eigenvalue weighted by molar-refractivity contribution is 0.704. The summed E-state index contributed by atoms with van der Waals surface area (Å²) in [6.45, 7) is 0. The second-order valence-corrected chi connectivity index (χ2v) is 6.31. The van der Waals surface area contributed by atoms with E-state index in [4.69, 9.17) is 5.73 Å².